The summed E-state index contributed by atoms with van der Waals surface area (Å²) in [5.41, 5.74) is 6.61. The molecule has 3 nitrogen and oxygen atoms in total. The lowest BCUT2D eigenvalue weighted by molar-refractivity contribution is 0.0278. The van der Waals surface area contributed by atoms with Crippen LogP contribution in [0.1, 0.15) is 39.5 Å². The van der Waals surface area contributed by atoms with Gasteiger partial charge in [-0.05, 0) is 31.7 Å². The Morgan fingerprint density at radius 1 is 1.31 bits per heavy atom. The number of nitrogens with two attached hydrogens (primary N) is 1. The Morgan fingerprint density at radius 3 is 2.44 bits per heavy atom. The second kappa shape index (κ2) is 5.48. The molecule has 1 aliphatic carbocycles. The van der Waals surface area contributed by atoms with Gasteiger partial charge in [0.15, 0.2) is 0 Å². The summed E-state index contributed by atoms with van der Waals surface area (Å²) in [4.78, 5) is 2.47. The summed E-state index contributed by atoms with van der Waals surface area (Å²) in [5.74, 6) is 0. The fraction of sp³-hybridized carbons (Fsp3) is 1.00. The molecular weight excluding hydrogens is 200 g/mol. The number of ether oxygens (including phenoxy) is 1. The molecule has 3 heteroatoms. The number of nitrogens with zero attached hydrogens (tertiary/aromatic N) is 1. The molecule has 0 radical (unpaired) electrons. The van der Waals surface area contributed by atoms with Gasteiger partial charge in [-0.25, -0.2) is 0 Å². The first-order valence-corrected chi connectivity index (χ1v) is 6.40. The lowest BCUT2D eigenvalue weighted by Crippen LogP contribution is -2.58. The van der Waals surface area contributed by atoms with Crippen LogP contribution < -0.4 is 5.73 Å². The van der Waals surface area contributed by atoms with Crippen molar-refractivity contribution < 1.29 is 4.74 Å². The van der Waals surface area contributed by atoms with Gasteiger partial charge in [-0.3, -0.25) is 4.90 Å². The van der Waals surface area contributed by atoms with Crippen LogP contribution in [0.25, 0.3) is 0 Å². The largest absolute Gasteiger partial charge is 0.385 e. The number of hydrogen-bond donors (Lipinski definition) is 1. The number of rotatable bonds is 6. The monoisotopic (exact) mass is 228 g/mol. The second-order valence-electron chi connectivity index (χ2n) is 5.74. The molecule has 1 unspecified atom stereocenters. The molecule has 0 aromatic heterocycles. The minimum atomic E-state index is 0.195. The molecule has 1 rings (SSSR count). The number of methoxy groups -OCH3 is 1. The SMILES string of the molecule is COCCCN(C)C1(CN)CCCC1(C)C. The van der Waals surface area contributed by atoms with E-state index in [-0.39, 0.29) is 5.54 Å². The van der Waals surface area contributed by atoms with Crippen molar-refractivity contribution >= 4 is 0 Å². The van der Waals surface area contributed by atoms with Gasteiger partial charge in [-0.2, -0.15) is 0 Å². The van der Waals surface area contributed by atoms with Crippen LogP contribution in [0.5, 0.6) is 0 Å². The summed E-state index contributed by atoms with van der Waals surface area (Å²) >= 11 is 0. The zero-order valence-electron chi connectivity index (χ0n) is 11.4. The van der Waals surface area contributed by atoms with Crippen LogP contribution in [0.3, 0.4) is 0 Å². The molecule has 2 N–H and O–H groups in total. The quantitative estimate of drug-likeness (QED) is 0.705. The fourth-order valence-corrected chi connectivity index (χ4v) is 3.30. The van der Waals surface area contributed by atoms with Gasteiger partial charge in [0, 0.05) is 32.3 Å². The average molecular weight is 228 g/mol. The molecule has 0 aromatic carbocycles. The Balaban J connectivity index is 2.64. The summed E-state index contributed by atoms with van der Waals surface area (Å²) in [6, 6.07) is 0. The minimum absolute atomic E-state index is 0.195. The van der Waals surface area contributed by atoms with Gasteiger partial charge >= 0.3 is 0 Å². The van der Waals surface area contributed by atoms with E-state index >= 15 is 0 Å². The molecule has 1 saturated carbocycles. The Labute approximate surface area is 100 Å². The fourth-order valence-electron chi connectivity index (χ4n) is 3.30. The van der Waals surface area contributed by atoms with E-state index in [4.69, 9.17) is 10.5 Å². The summed E-state index contributed by atoms with van der Waals surface area (Å²) in [5, 5.41) is 0. The van der Waals surface area contributed by atoms with E-state index in [1.54, 1.807) is 7.11 Å². The van der Waals surface area contributed by atoms with Crippen LogP contribution >= 0.6 is 0 Å². The highest BCUT2D eigenvalue weighted by molar-refractivity contribution is 5.06. The third-order valence-electron chi connectivity index (χ3n) is 4.56. The maximum absolute atomic E-state index is 6.08. The van der Waals surface area contributed by atoms with Crippen molar-refractivity contribution in [3.05, 3.63) is 0 Å². The number of hydrogen-bond acceptors (Lipinski definition) is 3. The standard InChI is InChI=1S/C13H28N2O/c1-12(2)7-5-8-13(12,11-14)15(3)9-6-10-16-4/h5-11,14H2,1-4H3. The van der Waals surface area contributed by atoms with Crippen molar-refractivity contribution in [3.63, 3.8) is 0 Å². The summed E-state index contributed by atoms with van der Waals surface area (Å²) in [6.45, 7) is 7.41. The van der Waals surface area contributed by atoms with E-state index < -0.39 is 0 Å². The Hall–Kier alpha value is -0.120. The second-order valence-corrected chi connectivity index (χ2v) is 5.74. The van der Waals surface area contributed by atoms with Gasteiger partial charge in [0.1, 0.15) is 0 Å². The maximum atomic E-state index is 6.08. The highest BCUT2D eigenvalue weighted by Gasteiger charge is 2.49. The van der Waals surface area contributed by atoms with Crippen LogP contribution in [0.2, 0.25) is 0 Å². The van der Waals surface area contributed by atoms with Gasteiger partial charge in [-0.1, -0.05) is 20.3 Å². The van der Waals surface area contributed by atoms with E-state index in [9.17, 15) is 0 Å². The van der Waals surface area contributed by atoms with E-state index in [1.807, 2.05) is 0 Å². The average Bonchev–Trinajstić information content (AvgIpc) is 2.54. The molecule has 16 heavy (non-hydrogen) atoms. The van der Waals surface area contributed by atoms with Crippen LogP contribution in [0.15, 0.2) is 0 Å². The molecule has 1 aliphatic rings. The lowest BCUT2D eigenvalue weighted by Gasteiger charge is -2.48. The minimum Gasteiger partial charge on any atom is -0.385 e. The van der Waals surface area contributed by atoms with Crippen LogP contribution in [-0.2, 0) is 4.74 Å². The lowest BCUT2D eigenvalue weighted by atomic mass is 9.73. The highest BCUT2D eigenvalue weighted by Crippen LogP contribution is 2.48. The van der Waals surface area contributed by atoms with Gasteiger partial charge in [0.2, 0.25) is 0 Å². The van der Waals surface area contributed by atoms with E-state index in [2.05, 4.69) is 25.8 Å². The molecule has 0 saturated heterocycles. The van der Waals surface area contributed by atoms with Crippen molar-refractivity contribution in [2.24, 2.45) is 11.1 Å². The van der Waals surface area contributed by atoms with Crippen LogP contribution in [0, 0.1) is 5.41 Å². The molecule has 0 heterocycles. The first-order valence-electron chi connectivity index (χ1n) is 6.40. The molecule has 1 atom stereocenters. The Kier molecular flexibility index (Phi) is 4.77. The van der Waals surface area contributed by atoms with E-state index in [1.165, 1.54) is 19.3 Å². The van der Waals surface area contributed by atoms with Crippen LogP contribution in [0.4, 0.5) is 0 Å². The van der Waals surface area contributed by atoms with Crippen molar-refractivity contribution in [1.82, 2.24) is 4.90 Å². The third kappa shape index (κ3) is 2.41. The number of likely N-dealkylation sites (N-methyl/N-ethyl adjacent to an activating group) is 1. The van der Waals surface area contributed by atoms with Crippen molar-refractivity contribution in [2.75, 3.05) is 33.9 Å². The Bertz CT molecular complexity index is 218. The van der Waals surface area contributed by atoms with Crippen molar-refractivity contribution in [3.8, 4) is 0 Å². The summed E-state index contributed by atoms with van der Waals surface area (Å²) in [7, 11) is 3.98. The van der Waals surface area contributed by atoms with E-state index in [0.29, 0.717) is 5.41 Å². The molecule has 0 spiro atoms. The molecule has 0 amide bonds. The van der Waals surface area contributed by atoms with E-state index in [0.717, 1.165) is 26.1 Å². The smallest absolute Gasteiger partial charge is 0.0474 e. The molecule has 0 aromatic rings. The molecule has 1 fully saturated rings. The maximum Gasteiger partial charge on any atom is 0.0474 e. The van der Waals surface area contributed by atoms with Crippen LogP contribution in [-0.4, -0.2) is 44.3 Å². The first-order chi connectivity index (χ1) is 7.50. The van der Waals surface area contributed by atoms with Gasteiger partial charge in [0.05, 0.1) is 0 Å². The molecule has 0 bridgehead atoms. The topological polar surface area (TPSA) is 38.5 Å². The zero-order valence-corrected chi connectivity index (χ0v) is 11.4. The predicted octanol–water partition coefficient (Wildman–Crippen LogP) is 1.86. The highest BCUT2D eigenvalue weighted by atomic mass is 16.5. The molecule has 0 aliphatic heterocycles. The molecule has 96 valence electrons. The predicted molar refractivity (Wildman–Crippen MR) is 68.5 cm³/mol. The van der Waals surface area contributed by atoms with Gasteiger partial charge in [-0.15, -0.1) is 0 Å². The molecular formula is C13H28N2O. The van der Waals surface area contributed by atoms with Crippen molar-refractivity contribution in [1.29, 1.82) is 0 Å². The third-order valence-corrected chi connectivity index (χ3v) is 4.56. The first kappa shape index (κ1) is 13.9. The zero-order chi connectivity index (χ0) is 12.2. The Morgan fingerprint density at radius 2 is 2.00 bits per heavy atom. The summed E-state index contributed by atoms with van der Waals surface area (Å²) in [6.07, 6.45) is 4.92. The van der Waals surface area contributed by atoms with Crippen molar-refractivity contribution in [2.45, 2.75) is 45.1 Å². The van der Waals surface area contributed by atoms with Gasteiger partial charge in [0.25, 0.3) is 0 Å². The normalized spacial score (nSPS) is 28.9. The summed E-state index contributed by atoms with van der Waals surface area (Å²) < 4.78 is 5.12. The van der Waals surface area contributed by atoms with Gasteiger partial charge < -0.3 is 10.5 Å².